The number of hydrogen-bond donors (Lipinski definition) is 1. The van der Waals surface area contributed by atoms with Gasteiger partial charge in [-0.25, -0.2) is 0 Å². The van der Waals surface area contributed by atoms with E-state index in [9.17, 15) is 0 Å². The quantitative estimate of drug-likeness (QED) is 0.706. The van der Waals surface area contributed by atoms with Crippen molar-refractivity contribution in [3.05, 3.63) is 29.8 Å². The van der Waals surface area contributed by atoms with Gasteiger partial charge in [-0.15, -0.1) is 0 Å². The Bertz CT molecular complexity index is 368. The van der Waals surface area contributed by atoms with Crippen LogP contribution in [-0.2, 0) is 4.74 Å². The first kappa shape index (κ1) is 17.0. The molecule has 0 aromatic heterocycles. The molecule has 0 spiro atoms. The molecule has 1 aromatic carbocycles. The summed E-state index contributed by atoms with van der Waals surface area (Å²) in [6, 6.07) is 8.33. The lowest BCUT2D eigenvalue weighted by Crippen LogP contribution is -2.26. The first-order valence-corrected chi connectivity index (χ1v) is 7.66. The molecule has 20 heavy (non-hydrogen) atoms. The van der Waals surface area contributed by atoms with Crippen molar-refractivity contribution in [2.45, 2.75) is 39.7 Å². The zero-order valence-corrected chi connectivity index (χ0v) is 13.3. The van der Waals surface area contributed by atoms with Crippen LogP contribution in [0.1, 0.15) is 45.2 Å². The highest BCUT2D eigenvalue weighted by Gasteiger charge is 2.15. The minimum absolute atomic E-state index is 0.185. The molecule has 0 bridgehead atoms. The third kappa shape index (κ3) is 5.51. The maximum atomic E-state index is 5.90. The van der Waals surface area contributed by atoms with Gasteiger partial charge in [0.2, 0.25) is 0 Å². The summed E-state index contributed by atoms with van der Waals surface area (Å²) in [6.45, 7) is 8.99. The minimum atomic E-state index is 0.185. The second-order valence-electron chi connectivity index (χ2n) is 5.28. The molecule has 1 N–H and O–H groups in total. The second-order valence-corrected chi connectivity index (χ2v) is 5.28. The fraction of sp³-hybridized carbons (Fsp3) is 0.647. The van der Waals surface area contributed by atoms with E-state index in [0.29, 0.717) is 12.5 Å². The van der Waals surface area contributed by atoms with Gasteiger partial charge < -0.3 is 14.8 Å². The Balaban J connectivity index is 2.59. The Labute approximate surface area is 123 Å². The molecule has 0 heterocycles. The second kappa shape index (κ2) is 9.78. The molecule has 0 aliphatic rings. The monoisotopic (exact) mass is 279 g/mol. The molecular weight excluding hydrogens is 250 g/mol. The van der Waals surface area contributed by atoms with Gasteiger partial charge in [0, 0.05) is 12.2 Å². The average molecular weight is 279 g/mol. The number of hydrogen-bond acceptors (Lipinski definition) is 3. The predicted octanol–water partition coefficient (Wildman–Crippen LogP) is 3.80. The van der Waals surface area contributed by atoms with Gasteiger partial charge in [0.1, 0.15) is 5.75 Å². The summed E-state index contributed by atoms with van der Waals surface area (Å²) in [4.78, 5) is 0. The summed E-state index contributed by atoms with van der Waals surface area (Å²) < 4.78 is 11.3. The van der Waals surface area contributed by atoms with Crippen LogP contribution in [0.25, 0.3) is 0 Å². The smallest absolute Gasteiger partial charge is 0.123 e. The van der Waals surface area contributed by atoms with E-state index in [1.165, 1.54) is 18.4 Å². The summed E-state index contributed by atoms with van der Waals surface area (Å²) in [6.07, 6.45) is 2.44. The van der Waals surface area contributed by atoms with Crippen molar-refractivity contribution in [3.63, 3.8) is 0 Å². The first-order valence-electron chi connectivity index (χ1n) is 7.66. The Kier molecular flexibility index (Phi) is 8.31. The summed E-state index contributed by atoms with van der Waals surface area (Å²) >= 11 is 0. The third-order valence-electron chi connectivity index (χ3n) is 3.43. The van der Waals surface area contributed by atoms with Gasteiger partial charge in [0.15, 0.2) is 0 Å². The van der Waals surface area contributed by atoms with Crippen LogP contribution in [0.3, 0.4) is 0 Å². The average Bonchev–Trinajstić information content (AvgIpc) is 2.46. The Morgan fingerprint density at radius 2 is 1.90 bits per heavy atom. The number of para-hydroxylation sites is 1. The highest BCUT2D eigenvalue weighted by atomic mass is 16.5. The lowest BCUT2D eigenvalue weighted by Gasteiger charge is -2.21. The highest BCUT2D eigenvalue weighted by Crippen LogP contribution is 2.25. The van der Waals surface area contributed by atoms with Crippen LogP contribution in [-0.4, -0.2) is 26.9 Å². The molecule has 0 saturated carbocycles. The Morgan fingerprint density at radius 3 is 2.55 bits per heavy atom. The lowest BCUT2D eigenvalue weighted by molar-refractivity contribution is 0.0830. The van der Waals surface area contributed by atoms with Crippen LogP contribution in [0.2, 0.25) is 0 Å². The van der Waals surface area contributed by atoms with E-state index >= 15 is 0 Å². The van der Waals surface area contributed by atoms with Crippen molar-refractivity contribution < 1.29 is 9.47 Å². The maximum absolute atomic E-state index is 5.90. The molecule has 2 unspecified atom stereocenters. The zero-order valence-electron chi connectivity index (χ0n) is 13.3. The zero-order chi connectivity index (χ0) is 14.8. The van der Waals surface area contributed by atoms with Gasteiger partial charge in [0.05, 0.1) is 19.8 Å². The first-order chi connectivity index (χ1) is 9.72. The fourth-order valence-corrected chi connectivity index (χ4v) is 2.42. The van der Waals surface area contributed by atoms with Crippen molar-refractivity contribution in [2.24, 2.45) is 5.92 Å². The van der Waals surface area contributed by atoms with Crippen molar-refractivity contribution >= 4 is 0 Å². The topological polar surface area (TPSA) is 30.5 Å². The Morgan fingerprint density at radius 1 is 1.15 bits per heavy atom. The van der Waals surface area contributed by atoms with E-state index in [1.54, 1.807) is 7.11 Å². The van der Waals surface area contributed by atoms with Gasteiger partial charge >= 0.3 is 0 Å². The summed E-state index contributed by atoms with van der Waals surface area (Å²) in [5.74, 6) is 1.55. The van der Waals surface area contributed by atoms with Crippen molar-refractivity contribution in [3.8, 4) is 5.75 Å². The fourth-order valence-electron chi connectivity index (χ4n) is 2.42. The molecule has 1 rings (SSSR count). The molecule has 2 atom stereocenters. The summed E-state index contributed by atoms with van der Waals surface area (Å²) in [5, 5.41) is 3.47. The molecule has 3 nitrogen and oxygen atoms in total. The molecule has 0 aliphatic heterocycles. The summed E-state index contributed by atoms with van der Waals surface area (Å²) in [7, 11) is 1.71. The van der Waals surface area contributed by atoms with E-state index < -0.39 is 0 Å². The van der Waals surface area contributed by atoms with E-state index in [4.69, 9.17) is 9.47 Å². The summed E-state index contributed by atoms with van der Waals surface area (Å²) in [5.41, 5.74) is 1.17. The largest absolute Gasteiger partial charge is 0.496 e. The van der Waals surface area contributed by atoms with Gasteiger partial charge in [-0.2, -0.15) is 0 Å². The van der Waals surface area contributed by atoms with Crippen LogP contribution in [0, 0.1) is 5.92 Å². The molecule has 0 fully saturated rings. The van der Waals surface area contributed by atoms with Crippen molar-refractivity contribution in [1.29, 1.82) is 0 Å². The predicted molar refractivity (Wildman–Crippen MR) is 84.3 cm³/mol. The number of ether oxygens (including phenoxy) is 2. The van der Waals surface area contributed by atoms with Gasteiger partial charge in [-0.05, 0) is 24.9 Å². The molecule has 114 valence electrons. The SMILES string of the molecule is CCCC(C)COCC(NCC)c1ccccc1OC. The van der Waals surface area contributed by atoms with E-state index in [0.717, 1.165) is 18.9 Å². The maximum Gasteiger partial charge on any atom is 0.123 e. The normalized spacial score (nSPS) is 14.0. The van der Waals surface area contributed by atoms with Gasteiger partial charge in [-0.1, -0.05) is 45.4 Å². The number of benzene rings is 1. The molecule has 0 aliphatic carbocycles. The van der Waals surface area contributed by atoms with Crippen LogP contribution in [0.5, 0.6) is 5.75 Å². The van der Waals surface area contributed by atoms with Gasteiger partial charge in [0.25, 0.3) is 0 Å². The number of rotatable bonds is 10. The van der Waals surface area contributed by atoms with Gasteiger partial charge in [-0.3, -0.25) is 0 Å². The van der Waals surface area contributed by atoms with Crippen LogP contribution in [0.4, 0.5) is 0 Å². The standard InChI is InChI=1S/C17H29NO2/c1-5-9-14(3)12-20-13-16(18-6-2)15-10-7-8-11-17(15)19-4/h7-8,10-11,14,16,18H,5-6,9,12-13H2,1-4H3. The molecule has 0 radical (unpaired) electrons. The van der Waals surface area contributed by atoms with E-state index in [-0.39, 0.29) is 6.04 Å². The van der Waals surface area contributed by atoms with E-state index in [2.05, 4.69) is 32.2 Å². The molecular formula is C17H29NO2. The van der Waals surface area contributed by atoms with Crippen LogP contribution >= 0.6 is 0 Å². The van der Waals surface area contributed by atoms with Crippen LogP contribution < -0.4 is 10.1 Å². The minimum Gasteiger partial charge on any atom is -0.496 e. The van der Waals surface area contributed by atoms with E-state index in [1.807, 2.05) is 18.2 Å². The number of likely N-dealkylation sites (N-methyl/N-ethyl adjacent to an activating group) is 1. The molecule has 0 saturated heterocycles. The van der Waals surface area contributed by atoms with Crippen molar-refractivity contribution in [2.75, 3.05) is 26.9 Å². The highest BCUT2D eigenvalue weighted by molar-refractivity contribution is 5.35. The molecule has 0 amide bonds. The van der Waals surface area contributed by atoms with Crippen LogP contribution in [0.15, 0.2) is 24.3 Å². The third-order valence-corrected chi connectivity index (χ3v) is 3.43. The van der Waals surface area contributed by atoms with Crippen molar-refractivity contribution in [1.82, 2.24) is 5.32 Å². The molecule has 1 aromatic rings. The molecule has 3 heteroatoms. The lowest BCUT2D eigenvalue weighted by atomic mass is 10.1. The Hall–Kier alpha value is -1.06. The number of nitrogens with one attached hydrogen (secondary N) is 1. The number of methoxy groups -OCH3 is 1.